The van der Waals surface area contributed by atoms with Crippen molar-refractivity contribution in [1.82, 2.24) is 0 Å². The van der Waals surface area contributed by atoms with E-state index in [9.17, 15) is 4.39 Å². The van der Waals surface area contributed by atoms with Gasteiger partial charge in [0.25, 0.3) is 0 Å². The lowest BCUT2D eigenvalue weighted by Crippen LogP contribution is -1.96. The molecule has 0 aliphatic heterocycles. The van der Waals surface area contributed by atoms with Gasteiger partial charge in [0.05, 0.1) is 0 Å². The van der Waals surface area contributed by atoms with Crippen molar-refractivity contribution in [2.75, 3.05) is 0 Å². The minimum atomic E-state index is -0.737. The average molecular weight is 112 g/mol. The quantitative estimate of drug-likeness (QED) is 0.450. The predicted octanol–water partition coefficient (Wildman–Crippen LogP) is 2.23. The zero-order chi connectivity index (χ0) is 5.98. The van der Waals surface area contributed by atoms with Crippen LogP contribution in [0.15, 0.2) is 23.8 Å². The third-order valence-electron chi connectivity index (χ3n) is 1.23. The van der Waals surface area contributed by atoms with Gasteiger partial charge in [0, 0.05) is 6.42 Å². The van der Waals surface area contributed by atoms with Gasteiger partial charge in [-0.25, -0.2) is 4.39 Å². The highest BCUT2D eigenvalue weighted by Gasteiger charge is 2.01. The Morgan fingerprint density at radius 3 is 2.88 bits per heavy atom. The molecule has 0 N–H and O–H groups in total. The van der Waals surface area contributed by atoms with Crippen LogP contribution in [-0.4, -0.2) is 6.17 Å². The van der Waals surface area contributed by atoms with Crippen LogP contribution >= 0.6 is 0 Å². The van der Waals surface area contributed by atoms with Gasteiger partial charge in [-0.05, 0) is 6.92 Å². The second kappa shape index (κ2) is 2.12. The highest BCUT2D eigenvalue weighted by Crippen LogP contribution is 2.11. The third kappa shape index (κ3) is 1.19. The molecule has 0 amide bonds. The topological polar surface area (TPSA) is 0 Å². The summed E-state index contributed by atoms with van der Waals surface area (Å²) in [6.45, 7) is 1.97. The maximum absolute atomic E-state index is 12.2. The van der Waals surface area contributed by atoms with Crippen LogP contribution < -0.4 is 0 Å². The van der Waals surface area contributed by atoms with Crippen LogP contribution in [-0.2, 0) is 0 Å². The Morgan fingerprint density at radius 2 is 2.50 bits per heavy atom. The molecule has 1 heteroatoms. The summed E-state index contributed by atoms with van der Waals surface area (Å²) in [6, 6.07) is 0. The van der Waals surface area contributed by atoms with E-state index >= 15 is 0 Å². The minimum Gasteiger partial charge on any atom is -0.243 e. The summed E-state index contributed by atoms with van der Waals surface area (Å²) < 4.78 is 12.2. The van der Waals surface area contributed by atoms with Crippen molar-refractivity contribution in [2.45, 2.75) is 19.5 Å². The van der Waals surface area contributed by atoms with Crippen LogP contribution in [0.2, 0.25) is 0 Å². The van der Waals surface area contributed by atoms with Crippen LogP contribution in [0.5, 0.6) is 0 Å². The van der Waals surface area contributed by atoms with Gasteiger partial charge >= 0.3 is 0 Å². The van der Waals surface area contributed by atoms with E-state index in [0.717, 1.165) is 0 Å². The molecule has 0 aromatic heterocycles. The fraction of sp³-hybridized carbons (Fsp3) is 0.429. The van der Waals surface area contributed by atoms with E-state index in [4.69, 9.17) is 0 Å². The van der Waals surface area contributed by atoms with E-state index < -0.39 is 6.17 Å². The van der Waals surface area contributed by atoms with Crippen molar-refractivity contribution in [3.63, 3.8) is 0 Å². The van der Waals surface area contributed by atoms with Crippen LogP contribution in [0, 0.1) is 0 Å². The Morgan fingerprint density at radius 1 is 1.75 bits per heavy atom. The summed E-state index contributed by atoms with van der Waals surface area (Å²) in [5, 5.41) is 0. The van der Waals surface area contributed by atoms with E-state index in [2.05, 4.69) is 0 Å². The summed E-state index contributed by atoms with van der Waals surface area (Å²) in [5.74, 6) is 0. The molecule has 0 aromatic rings. The standard InChI is InChI=1S/C7H9F/c1-6-2-4-7(8)5-3-6/h2-4,7H,5H2,1H3. The van der Waals surface area contributed by atoms with Gasteiger partial charge in [-0.15, -0.1) is 0 Å². The third-order valence-corrected chi connectivity index (χ3v) is 1.23. The Bertz CT molecular complexity index is 133. The van der Waals surface area contributed by atoms with Crippen molar-refractivity contribution in [1.29, 1.82) is 0 Å². The fourth-order valence-electron chi connectivity index (χ4n) is 0.701. The molecule has 1 rings (SSSR count). The first-order chi connectivity index (χ1) is 3.79. The molecule has 0 bridgehead atoms. The van der Waals surface area contributed by atoms with Crippen LogP contribution in [0.4, 0.5) is 4.39 Å². The highest BCUT2D eigenvalue weighted by atomic mass is 19.1. The molecule has 1 unspecified atom stereocenters. The number of allylic oxidation sites excluding steroid dienone is 4. The summed E-state index contributed by atoms with van der Waals surface area (Å²) in [5.41, 5.74) is 1.17. The molecule has 0 fully saturated rings. The Labute approximate surface area is 48.7 Å². The zero-order valence-electron chi connectivity index (χ0n) is 4.89. The molecule has 0 aromatic carbocycles. The lowest BCUT2D eigenvalue weighted by molar-refractivity contribution is 0.400. The van der Waals surface area contributed by atoms with Gasteiger partial charge in [0.15, 0.2) is 0 Å². The smallest absolute Gasteiger partial charge is 0.122 e. The number of rotatable bonds is 0. The average Bonchev–Trinajstić information content (AvgIpc) is 1.77. The second-order valence-electron chi connectivity index (χ2n) is 2.06. The van der Waals surface area contributed by atoms with Crippen molar-refractivity contribution in [3.05, 3.63) is 23.8 Å². The first kappa shape index (κ1) is 5.54. The summed E-state index contributed by atoms with van der Waals surface area (Å²) in [7, 11) is 0. The molecule has 1 aliphatic carbocycles. The molecular formula is C7H9F. The first-order valence-electron chi connectivity index (χ1n) is 2.78. The molecule has 0 radical (unpaired) electrons. The van der Waals surface area contributed by atoms with Gasteiger partial charge in [-0.3, -0.25) is 0 Å². The van der Waals surface area contributed by atoms with Crippen LogP contribution in [0.25, 0.3) is 0 Å². The summed E-state index contributed by atoms with van der Waals surface area (Å²) in [4.78, 5) is 0. The van der Waals surface area contributed by atoms with Crippen molar-refractivity contribution in [2.24, 2.45) is 0 Å². The van der Waals surface area contributed by atoms with Gasteiger partial charge in [-0.1, -0.05) is 23.8 Å². The van der Waals surface area contributed by atoms with Crippen molar-refractivity contribution < 1.29 is 4.39 Å². The Balaban J connectivity index is 2.58. The monoisotopic (exact) mass is 112 g/mol. The molecule has 1 atom stereocenters. The van der Waals surface area contributed by atoms with Gasteiger partial charge in [0.2, 0.25) is 0 Å². The van der Waals surface area contributed by atoms with Gasteiger partial charge in [-0.2, -0.15) is 0 Å². The lowest BCUT2D eigenvalue weighted by Gasteiger charge is -2.03. The molecule has 44 valence electrons. The SMILES string of the molecule is CC1=CCC(F)C=C1. The van der Waals surface area contributed by atoms with E-state index in [1.54, 1.807) is 6.08 Å². The largest absolute Gasteiger partial charge is 0.243 e. The van der Waals surface area contributed by atoms with Crippen molar-refractivity contribution >= 4 is 0 Å². The number of hydrogen-bond acceptors (Lipinski definition) is 0. The predicted molar refractivity (Wildman–Crippen MR) is 32.4 cm³/mol. The first-order valence-corrected chi connectivity index (χ1v) is 2.78. The second-order valence-corrected chi connectivity index (χ2v) is 2.06. The molecule has 8 heavy (non-hydrogen) atoms. The zero-order valence-corrected chi connectivity index (χ0v) is 4.89. The molecule has 0 nitrogen and oxygen atoms in total. The Hall–Kier alpha value is -0.590. The summed E-state index contributed by atoms with van der Waals surface area (Å²) >= 11 is 0. The van der Waals surface area contributed by atoms with Gasteiger partial charge < -0.3 is 0 Å². The molecule has 0 saturated carbocycles. The minimum absolute atomic E-state index is 0.558. The molecule has 0 heterocycles. The lowest BCUT2D eigenvalue weighted by atomic mass is 10.1. The Kier molecular flexibility index (Phi) is 1.47. The maximum Gasteiger partial charge on any atom is 0.122 e. The number of halogens is 1. The number of alkyl halides is 1. The van der Waals surface area contributed by atoms with E-state index in [-0.39, 0.29) is 0 Å². The number of hydrogen-bond donors (Lipinski definition) is 0. The van der Waals surface area contributed by atoms with Gasteiger partial charge in [0.1, 0.15) is 6.17 Å². The molecule has 1 aliphatic rings. The summed E-state index contributed by atoms with van der Waals surface area (Å²) in [6.07, 6.45) is 5.13. The van der Waals surface area contributed by atoms with Crippen molar-refractivity contribution in [3.8, 4) is 0 Å². The highest BCUT2D eigenvalue weighted by molar-refractivity contribution is 5.21. The molecule has 0 spiro atoms. The fourth-order valence-corrected chi connectivity index (χ4v) is 0.701. The van der Waals surface area contributed by atoms with Crippen LogP contribution in [0.3, 0.4) is 0 Å². The van der Waals surface area contributed by atoms with E-state index in [1.165, 1.54) is 5.57 Å². The normalized spacial score (nSPS) is 27.8. The van der Waals surface area contributed by atoms with E-state index in [0.29, 0.717) is 6.42 Å². The molecular weight excluding hydrogens is 103 g/mol. The van der Waals surface area contributed by atoms with Crippen LogP contribution in [0.1, 0.15) is 13.3 Å². The maximum atomic E-state index is 12.2. The van der Waals surface area contributed by atoms with E-state index in [1.807, 2.05) is 19.1 Å². The molecule has 0 saturated heterocycles.